The van der Waals surface area contributed by atoms with Crippen molar-refractivity contribution in [2.45, 2.75) is 37.9 Å². The molecule has 1 fully saturated rings. The third-order valence-electron chi connectivity index (χ3n) is 3.94. The van der Waals surface area contributed by atoms with Crippen molar-refractivity contribution < 1.29 is 25.2 Å². The summed E-state index contributed by atoms with van der Waals surface area (Å²) in [5, 5.41) is 39.4. The van der Waals surface area contributed by atoms with Gasteiger partial charge in [-0.15, -0.1) is 0 Å². The molecule has 0 aromatic rings. The molecule has 2 aliphatic rings. The van der Waals surface area contributed by atoms with Crippen LogP contribution in [0.1, 0.15) is 13.8 Å². The predicted molar refractivity (Wildman–Crippen MR) is 55.3 cm³/mol. The van der Waals surface area contributed by atoms with Crippen molar-refractivity contribution in [1.29, 1.82) is 0 Å². The second kappa shape index (κ2) is 3.51. The highest BCUT2D eigenvalue weighted by molar-refractivity contribution is 5.19. The molecule has 1 saturated heterocycles. The van der Waals surface area contributed by atoms with Gasteiger partial charge in [0.2, 0.25) is 0 Å². The molecule has 5 nitrogen and oxygen atoms in total. The average molecular weight is 230 g/mol. The molecule has 4 N–H and O–H groups in total. The quantitative estimate of drug-likeness (QED) is 0.434. The zero-order chi connectivity index (χ0) is 12.1. The van der Waals surface area contributed by atoms with Crippen LogP contribution in [-0.2, 0) is 4.74 Å². The molecule has 2 rings (SSSR count). The third kappa shape index (κ3) is 1.30. The average Bonchev–Trinajstić information content (AvgIpc) is 2.44. The number of fused-ring (bicyclic) bond motifs is 1. The van der Waals surface area contributed by atoms with E-state index in [1.54, 1.807) is 12.2 Å². The molecule has 1 aliphatic carbocycles. The van der Waals surface area contributed by atoms with E-state index in [2.05, 4.69) is 0 Å². The fourth-order valence-electron chi connectivity index (χ4n) is 2.86. The highest BCUT2D eigenvalue weighted by Crippen LogP contribution is 2.51. The molecule has 0 aromatic carbocycles. The summed E-state index contributed by atoms with van der Waals surface area (Å²) in [6, 6.07) is 0. The minimum Gasteiger partial charge on any atom is -0.396 e. The van der Waals surface area contributed by atoms with Gasteiger partial charge in [0.1, 0.15) is 12.2 Å². The van der Waals surface area contributed by atoms with E-state index in [4.69, 9.17) is 4.74 Å². The van der Waals surface area contributed by atoms with Crippen molar-refractivity contribution in [2.75, 3.05) is 6.61 Å². The lowest BCUT2D eigenvalue weighted by Gasteiger charge is -2.42. The molecule has 0 aromatic heterocycles. The number of rotatable bonds is 1. The fraction of sp³-hybridized carbons (Fsp3) is 0.818. The second-order valence-corrected chi connectivity index (χ2v) is 4.93. The van der Waals surface area contributed by atoms with Crippen LogP contribution < -0.4 is 0 Å². The van der Waals surface area contributed by atoms with E-state index in [1.807, 2.05) is 6.92 Å². The van der Waals surface area contributed by atoms with Gasteiger partial charge in [0.15, 0.2) is 5.79 Å². The maximum atomic E-state index is 10.1. The van der Waals surface area contributed by atoms with Gasteiger partial charge in [0, 0.05) is 0 Å². The topological polar surface area (TPSA) is 90.2 Å². The molecule has 92 valence electrons. The summed E-state index contributed by atoms with van der Waals surface area (Å²) in [5.74, 6) is -1.93. The van der Waals surface area contributed by atoms with Crippen molar-refractivity contribution in [1.82, 2.24) is 0 Å². The Labute approximate surface area is 94.0 Å². The Bertz CT molecular complexity index is 313. The van der Waals surface area contributed by atoms with Crippen molar-refractivity contribution >= 4 is 0 Å². The van der Waals surface area contributed by atoms with E-state index in [-0.39, 0.29) is 12.5 Å². The van der Waals surface area contributed by atoms with Gasteiger partial charge in [-0.2, -0.15) is 0 Å². The Morgan fingerprint density at radius 2 is 1.94 bits per heavy atom. The Morgan fingerprint density at radius 3 is 2.44 bits per heavy atom. The fourth-order valence-corrected chi connectivity index (χ4v) is 2.86. The summed E-state index contributed by atoms with van der Waals surface area (Å²) in [6.45, 7) is 2.81. The largest absolute Gasteiger partial charge is 0.396 e. The number of aliphatic hydroxyl groups excluding tert-OH is 3. The first-order valence-corrected chi connectivity index (χ1v) is 5.41. The van der Waals surface area contributed by atoms with Crippen LogP contribution >= 0.6 is 0 Å². The zero-order valence-corrected chi connectivity index (χ0v) is 9.37. The molecular weight excluding hydrogens is 212 g/mol. The van der Waals surface area contributed by atoms with Crippen LogP contribution in [0.4, 0.5) is 0 Å². The summed E-state index contributed by atoms with van der Waals surface area (Å²) >= 11 is 0. The number of aliphatic hydroxyl groups is 4. The molecule has 1 heterocycles. The number of hydrogen-bond donors (Lipinski definition) is 4. The lowest BCUT2D eigenvalue weighted by atomic mass is 9.64. The lowest BCUT2D eigenvalue weighted by Crippen LogP contribution is -2.55. The van der Waals surface area contributed by atoms with Gasteiger partial charge >= 0.3 is 0 Å². The Balaban J connectivity index is 2.48. The first-order chi connectivity index (χ1) is 7.36. The van der Waals surface area contributed by atoms with Crippen LogP contribution in [0.3, 0.4) is 0 Å². The number of allylic oxidation sites excluding steroid dienone is 1. The molecule has 0 spiro atoms. The smallest absolute Gasteiger partial charge is 0.190 e. The molecule has 6 atom stereocenters. The summed E-state index contributed by atoms with van der Waals surface area (Å²) in [7, 11) is 0. The minimum absolute atomic E-state index is 0.185. The molecule has 1 aliphatic heterocycles. The molecule has 0 bridgehead atoms. The molecular formula is C11H18O5. The van der Waals surface area contributed by atoms with Gasteiger partial charge < -0.3 is 25.2 Å². The Morgan fingerprint density at radius 1 is 1.31 bits per heavy atom. The van der Waals surface area contributed by atoms with Crippen LogP contribution in [0.25, 0.3) is 0 Å². The highest BCUT2D eigenvalue weighted by Gasteiger charge is 2.65. The monoisotopic (exact) mass is 230 g/mol. The van der Waals surface area contributed by atoms with Gasteiger partial charge in [-0.25, -0.2) is 0 Å². The van der Waals surface area contributed by atoms with E-state index in [1.165, 1.54) is 6.92 Å². The van der Waals surface area contributed by atoms with E-state index >= 15 is 0 Å². The van der Waals surface area contributed by atoms with E-state index in [9.17, 15) is 20.4 Å². The normalized spacial score (nSPS) is 56.4. The van der Waals surface area contributed by atoms with Gasteiger partial charge in [-0.1, -0.05) is 19.1 Å². The maximum absolute atomic E-state index is 10.1. The number of ether oxygens (including phenoxy) is 1. The summed E-state index contributed by atoms with van der Waals surface area (Å²) in [5.41, 5.74) is -1.04. The van der Waals surface area contributed by atoms with Gasteiger partial charge in [0.25, 0.3) is 0 Å². The first kappa shape index (κ1) is 12.0. The third-order valence-corrected chi connectivity index (χ3v) is 3.94. The molecule has 5 heteroatoms. The SMILES string of the molecule is CC1C=CC(O)C2OC(C)(O)C(O)C12CO. The van der Waals surface area contributed by atoms with Crippen LogP contribution in [0.2, 0.25) is 0 Å². The first-order valence-electron chi connectivity index (χ1n) is 5.41. The second-order valence-electron chi connectivity index (χ2n) is 4.93. The minimum atomic E-state index is -1.74. The Hall–Kier alpha value is -0.460. The van der Waals surface area contributed by atoms with Crippen LogP contribution in [0.5, 0.6) is 0 Å². The van der Waals surface area contributed by atoms with Crippen LogP contribution in [0.15, 0.2) is 12.2 Å². The molecule has 16 heavy (non-hydrogen) atoms. The van der Waals surface area contributed by atoms with Crippen molar-refractivity contribution in [3.8, 4) is 0 Å². The maximum Gasteiger partial charge on any atom is 0.190 e. The molecule has 0 saturated carbocycles. The van der Waals surface area contributed by atoms with E-state index in [0.717, 1.165) is 0 Å². The summed E-state index contributed by atoms with van der Waals surface area (Å²) in [4.78, 5) is 0. The molecule has 0 amide bonds. The Kier molecular flexibility index (Phi) is 2.64. The van der Waals surface area contributed by atoms with Crippen LogP contribution in [0, 0.1) is 11.3 Å². The predicted octanol–water partition coefficient (Wildman–Crippen LogP) is -1.000. The van der Waals surface area contributed by atoms with Gasteiger partial charge in [-0.3, -0.25) is 0 Å². The lowest BCUT2D eigenvalue weighted by molar-refractivity contribution is -0.221. The van der Waals surface area contributed by atoms with Crippen molar-refractivity contribution in [3.05, 3.63) is 12.2 Å². The number of hydrogen-bond acceptors (Lipinski definition) is 5. The summed E-state index contributed by atoms with van der Waals surface area (Å²) in [6.07, 6.45) is 0.349. The zero-order valence-electron chi connectivity index (χ0n) is 9.37. The van der Waals surface area contributed by atoms with E-state index < -0.39 is 29.5 Å². The summed E-state index contributed by atoms with van der Waals surface area (Å²) < 4.78 is 5.29. The molecule has 0 radical (unpaired) electrons. The van der Waals surface area contributed by atoms with Gasteiger partial charge in [0.05, 0.1) is 18.1 Å². The van der Waals surface area contributed by atoms with Gasteiger partial charge in [-0.05, 0) is 12.8 Å². The standard InChI is InChI=1S/C11H18O5/c1-6-3-4-7(13)8-11(6,5-12)9(14)10(2,15)16-8/h3-4,6-9,12-15H,5H2,1-2H3. The van der Waals surface area contributed by atoms with Crippen molar-refractivity contribution in [3.63, 3.8) is 0 Å². The van der Waals surface area contributed by atoms with Crippen molar-refractivity contribution in [2.24, 2.45) is 11.3 Å². The molecule has 6 unspecified atom stereocenters. The van der Waals surface area contributed by atoms with E-state index in [0.29, 0.717) is 0 Å². The van der Waals surface area contributed by atoms with Crippen LogP contribution in [-0.4, -0.2) is 51.1 Å². The highest BCUT2D eigenvalue weighted by atomic mass is 16.7.